The molecule has 3 rings (SSSR count). The lowest BCUT2D eigenvalue weighted by molar-refractivity contribution is -0.157. The zero-order valence-corrected chi connectivity index (χ0v) is 16.8. The highest BCUT2D eigenvalue weighted by Gasteiger charge is 2.41. The van der Waals surface area contributed by atoms with Crippen molar-refractivity contribution in [2.24, 2.45) is 0 Å². The van der Waals surface area contributed by atoms with Crippen LogP contribution in [0.1, 0.15) is 49.4 Å². The number of carbonyl (C=O) groups excluding carboxylic acids is 1. The van der Waals surface area contributed by atoms with Crippen molar-refractivity contribution in [3.63, 3.8) is 0 Å². The molecule has 0 bridgehead atoms. The zero-order chi connectivity index (χ0) is 19.4. The summed E-state index contributed by atoms with van der Waals surface area (Å²) >= 11 is 1.38. The first-order valence-electron chi connectivity index (χ1n) is 9.38. The lowest BCUT2D eigenvalue weighted by atomic mass is 9.91. The van der Waals surface area contributed by atoms with E-state index in [0.717, 1.165) is 17.7 Å². The van der Waals surface area contributed by atoms with E-state index in [4.69, 9.17) is 5.73 Å². The zero-order valence-electron chi connectivity index (χ0n) is 15.9. The monoisotopic (exact) mass is 388 g/mol. The first kappa shape index (κ1) is 19.8. The lowest BCUT2D eigenvalue weighted by Gasteiger charge is -2.38. The number of benzene rings is 1. The highest BCUT2D eigenvalue weighted by atomic mass is 32.1. The van der Waals surface area contributed by atoms with Crippen molar-refractivity contribution < 1.29 is 9.90 Å². The summed E-state index contributed by atoms with van der Waals surface area (Å²) in [6.07, 6.45) is 1.26. The third-order valence-corrected chi connectivity index (χ3v) is 5.74. The Kier molecular flexibility index (Phi) is 6.14. The normalized spacial score (nSPS) is 20.4. The largest absolute Gasteiger partial charge is 0.379 e. The quantitative estimate of drug-likeness (QED) is 0.678. The summed E-state index contributed by atoms with van der Waals surface area (Å²) < 4.78 is 0. The first-order valence-corrected chi connectivity index (χ1v) is 10.3. The van der Waals surface area contributed by atoms with Crippen molar-refractivity contribution in [1.29, 1.82) is 0 Å². The van der Waals surface area contributed by atoms with Crippen LogP contribution in [0.15, 0.2) is 29.6 Å². The summed E-state index contributed by atoms with van der Waals surface area (Å²) in [5.74, 6) is 0.284. The maximum absolute atomic E-state index is 12.9. The molecule has 1 aliphatic rings. The number of aromatic nitrogens is 1. The molecule has 0 spiro atoms. The van der Waals surface area contributed by atoms with Crippen molar-refractivity contribution in [3.05, 3.63) is 46.5 Å². The molecular weight excluding hydrogens is 360 g/mol. The molecule has 0 radical (unpaired) electrons. The summed E-state index contributed by atoms with van der Waals surface area (Å²) in [7, 11) is 0. The topological polar surface area (TPSA) is 91.5 Å². The van der Waals surface area contributed by atoms with Crippen LogP contribution in [0.25, 0.3) is 0 Å². The maximum atomic E-state index is 12.9. The van der Waals surface area contributed by atoms with E-state index in [9.17, 15) is 9.90 Å². The smallest absolute Gasteiger partial charge is 0.256 e. The van der Waals surface area contributed by atoms with Crippen molar-refractivity contribution in [1.82, 2.24) is 15.2 Å². The van der Waals surface area contributed by atoms with Crippen LogP contribution in [0.3, 0.4) is 0 Å². The molecule has 0 aliphatic carbocycles. The van der Waals surface area contributed by atoms with Gasteiger partial charge in [-0.1, -0.05) is 38.1 Å². The predicted molar refractivity (Wildman–Crippen MR) is 108 cm³/mol. The van der Waals surface area contributed by atoms with Crippen molar-refractivity contribution in [3.8, 4) is 0 Å². The number of carbonyl (C=O) groups is 1. The number of nitrogens with one attached hydrogen (secondary N) is 1. The van der Waals surface area contributed by atoms with E-state index < -0.39 is 5.60 Å². The fraction of sp³-hybridized carbons (Fsp3) is 0.500. The molecule has 1 aliphatic heterocycles. The van der Waals surface area contributed by atoms with E-state index in [2.05, 4.69) is 48.4 Å². The molecule has 27 heavy (non-hydrogen) atoms. The number of hydrogen-bond donors (Lipinski definition) is 3. The minimum atomic E-state index is -1.36. The van der Waals surface area contributed by atoms with E-state index >= 15 is 0 Å². The number of aliphatic hydroxyl groups is 1. The van der Waals surface area contributed by atoms with E-state index in [1.54, 1.807) is 4.90 Å². The molecule has 4 N–H and O–H groups in total. The van der Waals surface area contributed by atoms with Crippen LogP contribution in [-0.2, 0) is 17.9 Å². The minimum Gasteiger partial charge on any atom is -0.379 e. The van der Waals surface area contributed by atoms with E-state index in [1.807, 2.05) is 5.38 Å². The van der Waals surface area contributed by atoms with Gasteiger partial charge in [0.15, 0.2) is 10.7 Å². The van der Waals surface area contributed by atoms with Gasteiger partial charge < -0.3 is 21.1 Å². The van der Waals surface area contributed by atoms with Crippen molar-refractivity contribution >= 4 is 22.4 Å². The highest BCUT2D eigenvalue weighted by Crippen LogP contribution is 2.24. The van der Waals surface area contributed by atoms with Gasteiger partial charge in [0.25, 0.3) is 5.91 Å². The van der Waals surface area contributed by atoms with Crippen LogP contribution in [-0.4, -0.2) is 39.6 Å². The Labute approximate surface area is 164 Å². The van der Waals surface area contributed by atoms with E-state index in [-0.39, 0.29) is 12.5 Å². The number of amides is 1. The second-order valence-electron chi connectivity index (χ2n) is 7.54. The molecule has 7 heteroatoms. The summed E-state index contributed by atoms with van der Waals surface area (Å²) in [5, 5.41) is 16.4. The van der Waals surface area contributed by atoms with Gasteiger partial charge in [-0.15, -0.1) is 11.3 Å². The van der Waals surface area contributed by atoms with Crippen LogP contribution in [0, 0.1) is 0 Å². The Morgan fingerprint density at radius 3 is 2.74 bits per heavy atom. The number of nitrogens with zero attached hydrogens (tertiary/aromatic N) is 2. The number of likely N-dealkylation sites (tertiary alicyclic amines) is 1. The van der Waals surface area contributed by atoms with Gasteiger partial charge in [-0.2, -0.15) is 0 Å². The van der Waals surface area contributed by atoms with Gasteiger partial charge in [-0.3, -0.25) is 4.79 Å². The third kappa shape index (κ3) is 4.86. The number of piperidine rings is 1. The summed E-state index contributed by atoms with van der Waals surface area (Å²) in [5.41, 5.74) is 7.46. The summed E-state index contributed by atoms with van der Waals surface area (Å²) in [4.78, 5) is 18.8. The van der Waals surface area contributed by atoms with Crippen LogP contribution in [0.5, 0.6) is 0 Å². The number of nitrogen functional groups attached to an aromatic ring is 1. The van der Waals surface area contributed by atoms with Crippen LogP contribution >= 0.6 is 11.3 Å². The lowest BCUT2D eigenvalue weighted by Crippen LogP contribution is -2.57. The second kappa shape index (κ2) is 8.37. The maximum Gasteiger partial charge on any atom is 0.256 e. The van der Waals surface area contributed by atoms with Crippen molar-refractivity contribution in [2.45, 2.75) is 51.3 Å². The fourth-order valence-corrected chi connectivity index (χ4v) is 3.97. The molecular formula is C20H28N4O2S. The van der Waals surface area contributed by atoms with E-state index in [0.29, 0.717) is 37.1 Å². The Bertz CT molecular complexity index is 775. The van der Waals surface area contributed by atoms with Crippen LogP contribution in [0.2, 0.25) is 0 Å². The number of thiazole rings is 1. The highest BCUT2D eigenvalue weighted by molar-refractivity contribution is 7.13. The molecule has 0 saturated carbocycles. The Morgan fingerprint density at radius 1 is 1.37 bits per heavy atom. The number of anilines is 1. The predicted octanol–water partition coefficient (Wildman–Crippen LogP) is 2.49. The second-order valence-corrected chi connectivity index (χ2v) is 8.43. The molecule has 1 amide bonds. The molecule has 1 aromatic carbocycles. The first-order chi connectivity index (χ1) is 12.9. The SMILES string of the molecule is CC(C)c1ccc(CN2CCC[C@@](O)(CNCc3csc(N)n3)C2=O)cc1. The van der Waals surface area contributed by atoms with Gasteiger partial charge in [-0.05, 0) is 29.9 Å². The molecule has 1 aromatic heterocycles. The average Bonchev–Trinajstić information content (AvgIpc) is 3.05. The molecule has 1 atom stereocenters. The van der Waals surface area contributed by atoms with Gasteiger partial charge in [0.1, 0.15) is 0 Å². The molecule has 146 valence electrons. The Hall–Kier alpha value is -1.96. The molecule has 1 saturated heterocycles. The Balaban J connectivity index is 1.58. The molecule has 2 heterocycles. The molecule has 0 unspecified atom stereocenters. The van der Waals surface area contributed by atoms with Gasteiger partial charge >= 0.3 is 0 Å². The molecule has 1 fully saturated rings. The fourth-order valence-electron chi connectivity index (χ4n) is 3.41. The minimum absolute atomic E-state index is 0.202. The van der Waals surface area contributed by atoms with E-state index in [1.165, 1.54) is 16.9 Å². The standard InChI is InChI=1S/C20H28N4O2S/c1-14(2)16-6-4-15(5-7-16)11-24-9-3-8-20(26,18(24)25)13-22-10-17-12-27-19(21)23-17/h4-7,12,14,22,26H,3,8-11,13H2,1-2H3,(H2,21,23)/t20-/m1/s1. The van der Waals surface area contributed by atoms with Gasteiger partial charge in [0, 0.05) is 31.6 Å². The average molecular weight is 389 g/mol. The molecule has 2 aromatic rings. The van der Waals surface area contributed by atoms with Crippen LogP contribution < -0.4 is 11.1 Å². The van der Waals surface area contributed by atoms with Crippen molar-refractivity contribution in [2.75, 3.05) is 18.8 Å². The van der Waals surface area contributed by atoms with Gasteiger partial charge in [-0.25, -0.2) is 4.98 Å². The number of hydrogen-bond acceptors (Lipinski definition) is 6. The number of rotatable bonds is 7. The van der Waals surface area contributed by atoms with Crippen LogP contribution in [0.4, 0.5) is 5.13 Å². The molecule has 6 nitrogen and oxygen atoms in total. The summed E-state index contributed by atoms with van der Waals surface area (Å²) in [6, 6.07) is 8.37. The Morgan fingerprint density at radius 2 is 2.11 bits per heavy atom. The van der Waals surface area contributed by atoms with Gasteiger partial charge in [0.2, 0.25) is 0 Å². The number of nitrogens with two attached hydrogens (primary N) is 1. The summed E-state index contributed by atoms with van der Waals surface area (Å²) in [6.45, 7) is 6.23. The third-order valence-electron chi connectivity index (χ3n) is 5.02. The van der Waals surface area contributed by atoms with Gasteiger partial charge in [0.05, 0.1) is 5.69 Å².